The molecule has 0 saturated carbocycles. The zero-order valence-corrected chi connectivity index (χ0v) is 16.7. The number of benzene rings is 2. The van der Waals surface area contributed by atoms with Gasteiger partial charge in [0.15, 0.2) is 0 Å². The van der Waals surface area contributed by atoms with Gasteiger partial charge < -0.3 is 21.1 Å². The van der Waals surface area contributed by atoms with Crippen LogP contribution in [0.5, 0.6) is 0 Å². The number of allylic oxidation sites excluding steroid dienone is 1. The van der Waals surface area contributed by atoms with E-state index in [0.29, 0.717) is 18.5 Å². The number of nitrogens with one attached hydrogen (secondary N) is 1. The standard InChI is InChI=1S/C21H29BN4O3/c1-2-16-7-6-8-17(13-16)14-20(22(28)29)25-21(27)12-11-18(23)15-26(24)19-9-4-3-5-10-19/h3-10,13,15,20,28-29H,2,11-12,14,23-24H2,1H3,(H,25,27)/b18-15-. The van der Waals surface area contributed by atoms with Crippen molar-refractivity contribution >= 4 is 18.7 Å². The van der Waals surface area contributed by atoms with Gasteiger partial charge in [0.2, 0.25) is 5.91 Å². The minimum Gasteiger partial charge on any atom is -0.426 e. The third kappa shape index (κ3) is 7.61. The summed E-state index contributed by atoms with van der Waals surface area (Å²) in [5, 5.41) is 23.4. The number of anilines is 1. The lowest BCUT2D eigenvalue weighted by Gasteiger charge is -2.19. The van der Waals surface area contributed by atoms with Gasteiger partial charge in [-0.15, -0.1) is 0 Å². The molecule has 154 valence electrons. The molecule has 0 aliphatic heterocycles. The highest BCUT2D eigenvalue weighted by Gasteiger charge is 2.25. The molecule has 29 heavy (non-hydrogen) atoms. The maximum Gasteiger partial charge on any atom is 0.475 e. The highest BCUT2D eigenvalue weighted by Crippen LogP contribution is 2.12. The summed E-state index contributed by atoms with van der Waals surface area (Å²) in [6.45, 7) is 2.05. The molecule has 0 saturated heterocycles. The third-order valence-corrected chi connectivity index (χ3v) is 4.56. The van der Waals surface area contributed by atoms with Gasteiger partial charge in [0.1, 0.15) is 0 Å². The van der Waals surface area contributed by atoms with Crippen LogP contribution in [0.3, 0.4) is 0 Å². The molecule has 1 amide bonds. The quantitative estimate of drug-likeness (QED) is 0.234. The van der Waals surface area contributed by atoms with E-state index in [0.717, 1.165) is 23.2 Å². The van der Waals surface area contributed by atoms with Crippen LogP contribution in [0.25, 0.3) is 0 Å². The van der Waals surface area contributed by atoms with Gasteiger partial charge in [-0.05, 0) is 42.5 Å². The van der Waals surface area contributed by atoms with Crippen molar-refractivity contribution in [3.63, 3.8) is 0 Å². The minimum absolute atomic E-state index is 0.114. The molecular formula is C21H29BN4O3. The van der Waals surface area contributed by atoms with Gasteiger partial charge >= 0.3 is 7.12 Å². The predicted octanol–water partition coefficient (Wildman–Crippen LogP) is 1.25. The Labute approximate surface area is 172 Å². The van der Waals surface area contributed by atoms with Crippen LogP contribution in [-0.2, 0) is 17.6 Å². The number of nitrogens with two attached hydrogens (primary N) is 2. The summed E-state index contributed by atoms with van der Waals surface area (Å²) in [6, 6.07) is 17.1. The first-order chi connectivity index (χ1) is 13.9. The van der Waals surface area contributed by atoms with Crippen molar-refractivity contribution in [1.29, 1.82) is 0 Å². The lowest BCUT2D eigenvalue weighted by atomic mass is 9.75. The largest absolute Gasteiger partial charge is 0.475 e. The number of hydrazine groups is 1. The zero-order chi connectivity index (χ0) is 21.2. The number of rotatable bonds is 10. The summed E-state index contributed by atoms with van der Waals surface area (Å²) in [7, 11) is -1.66. The van der Waals surface area contributed by atoms with Crippen molar-refractivity contribution in [3.05, 3.63) is 77.6 Å². The number of carbonyl (C=O) groups is 1. The maximum absolute atomic E-state index is 12.3. The Bertz CT molecular complexity index is 815. The molecule has 0 aromatic heterocycles. The number of hydrogen-bond donors (Lipinski definition) is 5. The molecule has 0 spiro atoms. The van der Waals surface area contributed by atoms with Crippen LogP contribution in [-0.4, -0.2) is 29.0 Å². The maximum atomic E-state index is 12.3. The molecule has 8 heteroatoms. The third-order valence-electron chi connectivity index (χ3n) is 4.56. The first-order valence-corrected chi connectivity index (χ1v) is 9.67. The van der Waals surface area contributed by atoms with Crippen molar-refractivity contribution in [2.24, 2.45) is 11.6 Å². The molecule has 0 bridgehead atoms. The van der Waals surface area contributed by atoms with Gasteiger partial charge in [-0.1, -0.05) is 49.4 Å². The summed E-state index contributed by atoms with van der Waals surface area (Å²) >= 11 is 0. The molecular weight excluding hydrogens is 367 g/mol. The van der Waals surface area contributed by atoms with Gasteiger partial charge in [-0.3, -0.25) is 9.80 Å². The van der Waals surface area contributed by atoms with E-state index in [1.807, 2.05) is 54.6 Å². The highest BCUT2D eigenvalue weighted by molar-refractivity contribution is 6.43. The Balaban J connectivity index is 1.88. The highest BCUT2D eigenvalue weighted by atomic mass is 16.4. The van der Waals surface area contributed by atoms with E-state index in [4.69, 9.17) is 11.6 Å². The van der Waals surface area contributed by atoms with Crippen LogP contribution in [0.4, 0.5) is 5.69 Å². The van der Waals surface area contributed by atoms with E-state index in [1.165, 1.54) is 5.01 Å². The number of carbonyl (C=O) groups excluding carboxylic acids is 1. The second-order valence-corrected chi connectivity index (χ2v) is 6.91. The van der Waals surface area contributed by atoms with Gasteiger partial charge in [-0.2, -0.15) is 0 Å². The van der Waals surface area contributed by atoms with Crippen molar-refractivity contribution in [1.82, 2.24) is 5.32 Å². The number of para-hydroxylation sites is 1. The first kappa shape index (κ1) is 22.5. The van der Waals surface area contributed by atoms with Crippen LogP contribution in [0, 0.1) is 0 Å². The number of hydrogen-bond acceptors (Lipinski definition) is 6. The fourth-order valence-electron chi connectivity index (χ4n) is 2.92. The number of aryl methyl sites for hydroxylation is 1. The molecule has 7 N–H and O–H groups in total. The Kier molecular flexibility index (Phi) is 8.73. The van der Waals surface area contributed by atoms with Crippen LogP contribution < -0.4 is 21.9 Å². The molecule has 0 radical (unpaired) electrons. The van der Waals surface area contributed by atoms with E-state index < -0.39 is 13.1 Å². The summed E-state index contributed by atoms with van der Waals surface area (Å²) in [4.78, 5) is 12.3. The van der Waals surface area contributed by atoms with Crippen LogP contribution >= 0.6 is 0 Å². The van der Waals surface area contributed by atoms with Crippen LogP contribution in [0.2, 0.25) is 0 Å². The van der Waals surface area contributed by atoms with Gasteiger partial charge in [-0.25, -0.2) is 5.84 Å². The Morgan fingerprint density at radius 2 is 1.83 bits per heavy atom. The molecule has 2 rings (SSSR count). The van der Waals surface area contributed by atoms with E-state index in [2.05, 4.69) is 12.2 Å². The minimum atomic E-state index is -1.66. The average molecular weight is 396 g/mol. The normalized spacial score (nSPS) is 12.3. The van der Waals surface area contributed by atoms with Gasteiger partial charge in [0.25, 0.3) is 0 Å². The second-order valence-electron chi connectivity index (χ2n) is 6.91. The first-order valence-electron chi connectivity index (χ1n) is 9.67. The van der Waals surface area contributed by atoms with E-state index in [9.17, 15) is 14.8 Å². The van der Waals surface area contributed by atoms with E-state index in [-0.39, 0.29) is 12.3 Å². The second kappa shape index (κ2) is 11.3. The molecule has 2 aromatic carbocycles. The van der Waals surface area contributed by atoms with Crippen molar-refractivity contribution in [2.45, 2.75) is 38.5 Å². The van der Waals surface area contributed by atoms with E-state index in [1.54, 1.807) is 6.20 Å². The molecule has 0 fully saturated rings. The zero-order valence-electron chi connectivity index (χ0n) is 16.7. The summed E-state index contributed by atoms with van der Waals surface area (Å²) < 4.78 is 0. The molecule has 7 nitrogen and oxygen atoms in total. The SMILES string of the molecule is CCc1cccc(CC(NC(=O)CC/C(N)=C/N(N)c2ccccc2)B(O)O)c1. The number of amides is 1. The van der Waals surface area contributed by atoms with Crippen molar-refractivity contribution in [3.8, 4) is 0 Å². The van der Waals surface area contributed by atoms with Gasteiger partial charge in [0.05, 0.1) is 11.6 Å². The molecule has 0 aliphatic rings. The molecule has 2 aromatic rings. The topological polar surface area (TPSA) is 125 Å². The van der Waals surface area contributed by atoms with Crippen molar-refractivity contribution in [2.75, 3.05) is 5.01 Å². The smallest absolute Gasteiger partial charge is 0.426 e. The number of nitrogens with zero attached hydrogens (tertiary/aromatic N) is 1. The Hall–Kier alpha value is -2.81. The summed E-state index contributed by atoms with van der Waals surface area (Å²) in [5.74, 6) is 4.84. The Morgan fingerprint density at radius 3 is 2.48 bits per heavy atom. The summed E-state index contributed by atoms with van der Waals surface area (Å²) in [6.07, 6.45) is 3.19. The molecule has 0 heterocycles. The fourth-order valence-corrected chi connectivity index (χ4v) is 2.92. The molecule has 0 aliphatic carbocycles. The Morgan fingerprint density at radius 1 is 1.14 bits per heavy atom. The average Bonchev–Trinajstić information content (AvgIpc) is 2.72. The molecule has 1 unspecified atom stereocenters. The van der Waals surface area contributed by atoms with Crippen molar-refractivity contribution < 1.29 is 14.8 Å². The van der Waals surface area contributed by atoms with Crippen LogP contribution in [0.15, 0.2) is 66.5 Å². The van der Waals surface area contributed by atoms with Crippen LogP contribution in [0.1, 0.15) is 30.9 Å². The summed E-state index contributed by atoms with van der Waals surface area (Å²) in [5.41, 5.74) is 9.28. The van der Waals surface area contributed by atoms with E-state index >= 15 is 0 Å². The molecule has 1 atom stereocenters. The lowest BCUT2D eigenvalue weighted by Crippen LogP contribution is -2.47. The fraction of sp³-hybridized carbons (Fsp3) is 0.286. The predicted molar refractivity (Wildman–Crippen MR) is 116 cm³/mol. The monoisotopic (exact) mass is 396 g/mol. The van der Waals surface area contributed by atoms with Gasteiger partial charge in [0, 0.05) is 18.3 Å². The lowest BCUT2D eigenvalue weighted by molar-refractivity contribution is -0.121.